The highest BCUT2D eigenvalue weighted by atomic mass is 35.5. The lowest BCUT2D eigenvalue weighted by molar-refractivity contribution is 0.117. The van der Waals surface area contributed by atoms with E-state index in [-0.39, 0.29) is 18.2 Å². The third-order valence-electron chi connectivity index (χ3n) is 3.70. The predicted molar refractivity (Wildman–Crippen MR) is 81.6 cm³/mol. The topological polar surface area (TPSA) is 70.6 Å². The van der Waals surface area contributed by atoms with Crippen LogP contribution in [0.4, 0.5) is 4.79 Å². The quantitative estimate of drug-likeness (QED) is 0.800. The SMILES string of the molecule is COc1ccc(CNC(=O)NC2CCC(O)CC2)cc1Cl. The minimum Gasteiger partial charge on any atom is -0.495 e. The van der Waals surface area contributed by atoms with E-state index in [1.54, 1.807) is 19.2 Å². The molecule has 2 amide bonds. The van der Waals surface area contributed by atoms with Gasteiger partial charge >= 0.3 is 6.03 Å². The van der Waals surface area contributed by atoms with Crippen molar-refractivity contribution < 1.29 is 14.6 Å². The van der Waals surface area contributed by atoms with Crippen LogP contribution in [-0.4, -0.2) is 30.4 Å². The standard InChI is InChI=1S/C15H21ClN2O3/c1-21-14-7-2-10(8-13(14)16)9-17-15(20)18-11-3-5-12(19)6-4-11/h2,7-8,11-12,19H,3-6,9H2,1H3,(H2,17,18,20). The molecule has 21 heavy (non-hydrogen) atoms. The number of carbonyl (C=O) groups is 1. The van der Waals surface area contributed by atoms with Gasteiger partial charge in [0.25, 0.3) is 0 Å². The van der Waals surface area contributed by atoms with Crippen molar-refractivity contribution in [1.82, 2.24) is 10.6 Å². The van der Waals surface area contributed by atoms with Gasteiger partial charge in [0.15, 0.2) is 0 Å². The maximum absolute atomic E-state index is 11.8. The molecule has 1 aliphatic rings. The van der Waals surface area contributed by atoms with E-state index in [4.69, 9.17) is 16.3 Å². The van der Waals surface area contributed by atoms with Gasteiger partial charge in [0.05, 0.1) is 18.2 Å². The van der Waals surface area contributed by atoms with E-state index in [2.05, 4.69) is 10.6 Å². The Morgan fingerprint density at radius 1 is 1.38 bits per heavy atom. The average Bonchev–Trinajstić information content (AvgIpc) is 2.48. The smallest absolute Gasteiger partial charge is 0.315 e. The second-order valence-corrected chi connectivity index (χ2v) is 5.71. The van der Waals surface area contributed by atoms with Crippen molar-refractivity contribution in [3.63, 3.8) is 0 Å². The molecule has 1 aromatic rings. The maximum Gasteiger partial charge on any atom is 0.315 e. The van der Waals surface area contributed by atoms with Gasteiger partial charge in [-0.05, 0) is 43.4 Å². The summed E-state index contributed by atoms with van der Waals surface area (Å²) in [6, 6.07) is 5.37. The molecular weight excluding hydrogens is 292 g/mol. The Balaban J connectivity index is 1.77. The Morgan fingerprint density at radius 2 is 2.10 bits per heavy atom. The summed E-state index contributed by atoms with van der Waals surface area (Å²) in [4.78, 5) is 11.8. The number of hydrogen-bond acceptors (Lipinski definition) is 3. The molecule has 0 aliphatic heterocycles. The lowest BCUT2D eigenvalue weighted by atomic mass is 9.93. The number of benzene rings is 1. The number of methoxy groups -OCH3 is 1. The Kier molecular flexibility index (Phi) is 5.70. The first-order valence-electron chi connectivity index (χ1n) is 7.13. The molecule has 1 fully saturated rings. The Hall–Kier alpha value is -1.46. The average molecular weight is 313 g/mol. The van der Waals surface area contributed by atoms with E-state index in [1.807, 2.05) is 6.07 Å². The molecular formula is C15H21ClN2O3. The highest BCUT2D eigenvalue weighted by Crippen LogP contribution is 2.24. The van der Waals surface area contributed by atoms with E-state index in [1.165, 1.54) is 0 Å². The molecule has 2 rings (SSSR count). The van der Waals surface area contributed by atoms with Crippen molar-refractivity contribution in [1.29, 1.82) is 0 Å². The van der Waals surface area contributed by atoms with Gasteiger partial charge in [0.2, 0.25) is 0 Å². The van der Waals surface area contributed by atoms with Crippen molar-refractivity contribution in [3.05, 3.63) is 28.8 Å². The number of amides is 2. The van der Waals surface area contributed by atoms with Crippen LogP contribution in [-0.2, 0) is 6.54 Å². The lowest BCUT2D eigenvalue weighted by Gasteiger charge is -2.26. The number of aliphatic hydroxyl groups is 1. The molecule has 0 aromatic heterocycles. The van der Waals surface area contributed by atoms with Crippen LogP contribution in [0.15, 0.2) is 18.2 Å². The number of aliphatic hydroxyl groups excluding tert-OH is 1. The molecule has 6 heteroatoms. The van der Waals surface area contributed by atoms with Gasteiger partial charge < -0.3 is 20.5 Å². The summed E-state index contributed by atoms with van der Waals surface area (Å²) >= 11 is 6.04. The Labute approximate surface area is 129 Å². The van der Waals surface area contributed by atoms with E-state index in [9.17, 15) is 9.90 Å². The molecule has 5 nitrogen and oxygen atoms in total. The summed E-state index contributed by atoms with van der Waals surface area (Å²) in [7, 11) is 1.56. The van der Waals surface area contributed by atoms with Crippen LogP contribution in [0.3, 0.4) is 0 Å². The third-order valence-corrected chi connectivity index (χ3v) is 4.00. The third kappa shape index (κ3) is 4.79. The summed E-state index contributed by atoms with van der Waals surface area (Å²) < 4.78 is 5.08. The summed E-state index contributed by atoms with van der Waals surface area (Å²) in [6.45, 7) is 0.408. The molecule has 0 spiro atoms. The van der Waals surface area contributed by atoms with Gasteiger partial charge in [-0.3, -0.25) is 0 Å². The normalized spacial score (nSPS) is 21.7. The summed E-state index contributed by atoms with van der Waals surface area (Å²) in [5.74, 6) is 0.616. The number of rotatable bonds is 4. The Bertz CT molecular complexity index is 488. The van der Waals surface area contributed by atoms with Crippen LogP contribution >= 0.6 is 11.6 Å². The van der Waals surface area contributed by atoms with E-state index in [0.717, 1.165) is 31.2 Å². The maximum atomic E-state index is 11.8. The fraction of sp³-hybridized carbons (Fsp3) is 0.533. The number of halogens is 1. The first-order chi connectivity index (χ1) is 10.1. The molecule has 1 aromatic carbocycles. The number of carbonyl (C=O) groups excluding carboxylic acids is 1. The van der Waals surface area contributed by atoms with Crippen LogP contribution in [0.25, 0.3) is 0 Å². The van der Waals surface area contributed by atoms with Crippen LogP contribution in [0.2, 0.25) is 5.02 Å². The molecule has 1 aliphatic carbocycles. The molecule has 0 atom stereocenters. The second kappa shape index (κ2) is 7.52. The van der Waals surface area contributed by atoms with Crippen molar-refractivity contribution in [2.75, 3.05) is 7.11 Å². The van der Waals surface area contributed by atoms with Gasteiger partial charge in [-0.25, -0.2) is 4.79 Å². The van der Waals surface area contributed by atoms with Gasteiger partial charge in [-0.2, -0.15) is 0 Å². The fourth-order valence-corrected chi connectivity index (χ4v) is 2.74. The van der Waals surface area contributed by atoms with Gasteiger partial charge in [0, 0.05) is 12.6 Å². The van der Waals surface area contributed by atoms with Crippen LogP contribution in [0.1, 0.15) is 31.2 Å². The highest BCUT2D eigenvalue weighted by Gasteiger charge is 2.20. The van der Waals surface area contributed by atoms with Crippen LogP contribution in [0, 0.1) is 0 Å². The largest absolute Gasteiger partial charge is 0.495 e. The van der Waals surface area contributed by atoms with Gasteiger partial charge in [-0.15, -0.1) is 0 Å². The number of urea groups is 1. The molecule has 3 N–H and O–H groups in total. The summed E-state index contributed by atoms with van der Waals surface area (Å²) in [6.07, 6.45) is 2.93. The fourth-order valence-electron chi connectivity index (χ4n) is 2.46. The second-order valence-electron chi connectivity index (χ2n) is 5.30. The summed E-state index contributed by atoms with van der Waals surface area (Å²) in [5.41, 5.74) is 0.912. The first-order valence-corrected chi connectivity index (χ1v) is 7.51. The molecule has 1 saturated carbocycles. The van der Waals surface area contributed by atoms with Crippen molar-refractivity contribution in [2.45, 2.75) is 44.4 Å². The van der Waals surface area contributed by atoms with Gasteiger partial charge in [-0.1, -0.05) is 17.7 Å². The Morgan fingerprint density at radius 3 is 2.71 bits per heavy atom. The molecule has 0 heterocycles. The lowest BCUT2D eigenvalue weighted by Crippen LogP contribution is -2.43. The number of hydrogen-bond donors (Lipinski definition) is 3. The van der Waals surface area contributed by atoms with Crippen LogP contribution < -0.4 is 15.4 Å². The van der Waals surface area contributed by atoms with E-state index in [0.29, 0.717) is 17.3 Å². The van der Waals surface area contributed by atoms with Crippen molar-refractivity contribution >= 4 is 17.6 Å². The zero-order valence-electron chi connectivity index (χ0n) is 12.1. The summed E-state index contributed by atoms with van der Waals surface area (Å²) in [5, 5.41) is 15.7. The van der Waals surface area contributed by atoms with Gasteiger partial charge in [0.1, 0.15) is 5.75 Å². The molecule has 0 radical (unpaired) electrons. The highest BCUT2D eigenvalue weighted by molar-refractivity contribution is 6.32. The molecule has 0 bridgehead atoms. The molecule has 0 saturated heterocycles. The predicted octanol–water partition coefficient (Wildman–Crippen LogP) is 2.45. The van der Waals surface area contributed by atoms with Crippen LogP contribution in [0.5, 0.6) is 5.75 Å². The zero-order valence-corrected chi connectivity index (χ0v) is 12.8. The number of ether oxygens (including phenoxy) is 1. The molecule has 0 unspecified atom stereocenters. The minimum absolute atomic E-state index is 0.146. The number of nitrogens with one attached hydrogen (secondary N) is 2. The van der Waals surface area contributed by atoms with E-state index >= 15 is 0 Å². The minimum atomic E-state index is -0.215. The van der Waals surface area contributed by atoms with E-state index < -0.39 is 0 Å². The van der Waals surface area contributed by atoms with Crippen molar-refractivity contribution in [3.8, 4) is 5.75 Å². The monoisotopic (exact) mass is 312 g/mol. The first kappa shape index (κ1) is 15.9. The van der Waals surface area contributed by atoms with Crippen molar-refractivity contribution in [2.24, 2.45) is 0 Å². The molecule has 116 valence electrons. The zero-order chi connectivity index (χ0) is 15.2.